The Kier molecular flexibility index (Phi) is 7.05. The number of rotatable bonds is 8. The molecule has 0 aliphatic heterocycles. The first-order valence-electron chi connectivity index (χ1n) is 10.4. The first kappa shape index (κ1) is 21.5. The number of hydrogen-bond donors (Lipinski definition) is 1. The van der Waals surface area contributed by atoms with Gasteiger partial charge in [0.2, 0.25) is 0 Å². The minimum absolute atomic E-state index is 0.155. The fourth-order valence-corrected chi connectivity index (χ4v) is 3.95. The summed E-state index contributed by atoms with van der Waals surface area (Å²) in [7, 11) is 0. The molecule has 0 saturated heterocycles. The molecular weight excluding hydrogens is 418 g/mol. The van der Waals surface area contributed by atoms with E-state index in [1.165, 1.54) is 11.3 Å². The molecule has 0 saturated carbocycles. The molecule has 0 bridgehead atoms. The molecule has 6 heteroatoms. The Balaban J connectivity index is 1.51. The van der Waals surface area contributed by atoms with Gasteiger partial charge in [-0.25, -0.2) is 4.98 Å². The molecule has 5 nitrogen and oxygen atoms in total. The highest BCUT2D eigenvalue weighted by molar-refractivity contribution is 7.13. The molecule has 1 amide bonds. The average Bonchev–Trinajstić information content (AvgIpc) is 3.32. The van der Waals surface area contributed by atoms with Crippen molar-refractivity contribution in [2.24, 2.45) is 0 Å². The van der Waals surface area contributed by atoms with Crippen LogP contribution in [0.1, 0.15) is 23.7 Å². The summed E-state index contributed by atoms with van der Waals surface area (Å²) in [6.07, 6.45) is 3.64. The van der Waals surface area contributed by atoms with E-state index < -0.39 is 0 Å². The number of nitrogens with zero attached hydrogens (tertiary/aromatic N) is 2. The Morgan fingerprint density at radius 3 is 2.53 bits per heavy atom. The third-order valence-corrected chi connectivity index (χ3v) is 5.61. The maximum absolute atomic E-state index is 13.1. The second kappa shape index (κ2) is 10.5. The van der Waals surface area contributed by atoms with E-state index >= 15 is 0 Å². The van der Waals surface area contributed by atoms with E-state index in [2.05, 4.69) is 15.3 Å². The molecule has 0 aliphatic carbocycles. The van der Waals surface area contributed by atoms with Crippen molar-refractivity contribution in [2.75, 3.05) is 6.61 Å². The molecule has 4 aromatic rings. The molecule has 0 aliphatic rings. The van der Waals surface area contributed by atoms with E-state index in [4.69, 9.17) is 4.74 Å². The van der Waals surface area contributed by atoms with Gasteiger partial charge < -0.3 is 10.1 Å². The van der Waals surface area contributed by atoms with Gasteiger partial charge in [-0.2, -0.15) is 0 Å². The van der Waals surface area contributed by atoms with Gasteiger partial charge >= 0.3 is 0 Å². The van der Waals surface area contributed by atoms with Gasteiger partial charge in [-0.1, -0.05) is 48.5 Å². The van der Waals surface area contributed by atoms with Crippen molar-refractivity contribution >= 4 is 28.9 Å². The fourth-order valence-electron chi connectivity index (χ4n) is 3.15. The summed E-state index contributed by atoms with van der Waals surface area (Å²) in [6, 6.07) is 23.1. The SMILES string of the molecule is CCOc1ccc(/C=C(/C(=O)NCc2csc(-c3ccccn3)n2)c2ccccc2)cc1. The molecule has 32 heavy (non-hydrogen) atoms. The Hall–Kier alpha value is -3.77. The maximum Gasteiger partial charge on any atom is 0.252 e. The largest absolute Gasteiger partial charge is 0.494 e. The van der Waals surface area contributed by atoms with Crippen LogP contribution in [0, 0.1) is 0 Å². The number of aromatic nitrogens is 2. The highest BCUT2D eigenvalue weighted by Gasteiger charge is 2.13. The number of carbonyl (C=O) groups is 1. The average molecular weight is 442 g/mol. The van der Waals surface area contributed by atoms with Crippen molar-refractivity contribution in [3.05, 3.63) is 101 Å². The Labute approximate surface area is 191 Å². The number of nitrogens with one attached hydrogen (secondary N) is 1. The van der Waals surface area contributed by atoms with E-state index in [0.717, 1.165) is 33.3 Å². The lowest BCUT2D eigenvalue weighted by molar-refractivity contribution is -0.115. The number of pyridine rings is 1. The van der Waals surface area contributed by atoms with E-state index in [-0.39, 0.29) is 5.91 Å². The van der Waals surface area contributed by atoms with Crippen molar-refractivity contribution < 1.29 is 9.53 Å². The number of thiazole rings is 1. The van der Waals surface area contributed by atoms with E-state index in [1.54, 1.807) is 6.20 Å². The van der Waals surface area contributed by atoms with Crippen molar-refractivity contribution in [1.29, 1.82) is 0 Å². The second-order valence-electron chi connectivity index (χ2n) is 6.97. The van der Waals surface area contributed by atoms with Crippen LogP contribution >= 0.6 is 11.3 Å². The van der Waals surface area contributed by atoms with Crippen LogP contribution in [-0.2, 0) is 11.3 Å². The smallest absolute Gasteiger partial charge is 0.252 e. The Morgan fingerprint density at radius 1 is 1.03 bits per heavy atom. The summed E-state index contributed by atoms with van der Waals surface area (Å²) in [5.74, 6) is 0.653. The van der Waals surface area contributed by atoms with Crippen molar-refractivity contribution in [3.8, 4) is 16.5 Å². The Morgan fingerprint density at radius 2 is 1.81 bits per heavy atom. The number of ether oxygens (including phenoxy) is 1. The molecule has 0 spiro atoms. The minimum Gasteiger partial charge on any atom is -0.494 e. The molecule has 2 aromatic heterocycles. The van der Waals surface area contributed by atoms with E-state index in [9.17, 15) is 4.79 Å². The van der Waals surface area contributed by atoms with Gasteiger partial charge in [-0.3, -0.25) is 9.78 Å². The first-order valence-corrected chi connectivity index (χ1v) is 11.2. The van der Waals surface area contributed by atoms with Crippen LogP contribution in [0.4, 0.5) is 0 Å². The van der Waals surface area contributed by atoms with Gasteiger partial charge in [0, 0.05) is 17.2 Å². The van der Waals surface area contributed by atoms with Crippen LogP contribution in [0.2, 0.25) is 0 Å². The summed E-state index contributed by atoms with van der Waals surface area (Å²) < 4.78 is 5.51. The molecule has 0 unspecified atom stereocenters. The van der Waals surface area contributed by atoms with Gasteiger partial charge in [0.1, 0.15) is 10.8 Å². The summed E-state index contributed by atoms with van der Waals surface area (Å²) in [6.45, 7) is 2.91. The monoisotopic (exact) mass is 441 g/mol. The van der Waals surface area contributed by atoms with Crippen molar-refractivity contribution in [2.45, 2.75) is 13.5 Å². The van der Waals surface area contributed by atoms with Crippen LogP contribution in [0.15, 0.2) is 84.4 Å². The lowest BCUT2D eigenvalue weighted by atomic mass is 10.0. The molecule has 2 heterocycles. The molecule has 4 rings (SSSR count). The summed E-state index contributed by atoms with van der Waals surface area (Å²) >= 11 is 1.52. The summed E-state index contributed by atoms with van der Waals surface area (Å²) in [5.41, 5.74) is 4.00. The molecule has 0 atom stereocenters. The Bertz CT molecular complexity index is 1190. The van der Waals surface area contributed by atoms with Gasteiger partial charge in [0.05, 0.1) is 24.5 Å². The minimum atomic E-state index is -0.155. The highest BCUT2D eigenvalue weighted by Crippen LogP contribution is 2.23. The second-order valence-corrected chi connectivity index (χ2v) is 7.83. The van der Waals surface area contributed by atoms with Crippen LogP contribution < -0.4 is 10.1 Å². The zero-order valence-corrected chi connectivity index (χ0v) is 18.5. The molecule has 1 N–H and O–H groups in total. The quantitative estimate of drug-likeness (QED) is 0.291. The predicted octanol–water partition coefficient (Wildman–Crippen LogP) is 5.46. The van der Waals surface area contributed by atoms with E-state index in [1.807, 2.05) is 91.2 Å². The molecule has 2 aromatic carbocycles. The normalized spacial score (nSPS) is 11.2. The maximum atomic E-state index is 13.1. The van der Waals surface area contributed by atoms with Crippen molar-refractivity contribution in [1.82, 2.24) is 15.3 Å². The van der Waals surface area contributed by atoms with Gasteiger partial charge in [0.15, 0.2) is 0 Å². The molecule has 160 valence electrons. The van der Waals surface area contributed by atoms with Crippen LogP contribution in [-0.4, -0.2) is 22.5 Å². The van der Waals surface area contributed by atoms with Crippen LogP contribution in [0.5, 0.6) is 5.75 Å². The molecular formula is C26H23N3O2S. The zero-order chi connectivity index (χ0) is 22.2. The van der Waals surface area contributed by atoms with Gasteiger partial charge in [-0.05, 0) is 48.4 Å². The van der Waals surface area contributed by atoms with Crippen molar-refractivity contribution in [3.63, 3.8) is 0 Å². The third-order valence-electron chi connectivity index (χ3n) is 4.70. The zero-order valence-electron chi connectivity index (χ0n) is 17.7. The van der Waals surface area contributed by atoms with Gasteiger partial charge in [-0.15, -0.1) is 11.3 Å². The standard InChI is InChI=1S/C26H23N3O2S/c1-2-31-22-13-11-19(12-14-22)16-23(20-8-4-3-5-9-20)25(30)28-17-21-18-32-26(29-21)24-10-6-7-15-27-24/h3-16,18H,2,17H2,1H3,(H,28,30)/b23-16+. The summed E-state index contributed by atoms with van der Waals surface area (Å²) in [5, 5.41) is 5.79. The number of hydrogen-bond acceptors (Lipinski definition) is 5. The third kappa shape index (κ3) is 5.47. The number of amides is 1. The predicted molar refractivity (Wildman–Crippen MR) is 129 cm³/mol. The van der Waals surface area contributed by atoms with E-state index in [0.29, 0.717) is 18.7 Å². The number of benzene rings is 2. The number of carbonyl (C=O) groups excluding carboxylic acids is 1. The molecule has 0 radical (unpaired) electrons. The highest BCUT2D eigenvalue weighted by atomic mass is 32.1. The topological polar surface area (TPSA) is 64.1 Å². The van der Waals surface area contributed by atoms with Crippen LogP contribution in [0.3, 0.4) is 0 Å². The lowest BCUT2D eigenvalue weighted by Gasteiger charge is -2.09. The summed E-state index contributed by atoms with van der Waals surface area (Å²) in [4.78, 5) is 22.1. The molecule has 0 fully saturated rings. The first-order chi connectivity index (χ1) is 15.7. The van der Waals surface area contributed by atoms with Crippen LogP contribution in [0.25, 0.3) is 22.4 Å². The lowest BCUT2D eigenvalue weighted by Crippen LogP contribution is -2.24. The van der Waals surface area contributed by atoms with Gasteiger partial charge in [0.25, 0.3) is 5.91 Å². The fraction of sp³-hybridized carbons (Fsp3) is 0.115.